The summed E-state index contributed by atoms with van der Waals surface area (Å²) in [6.45, 7) is 0. The lowest BCUT2D eigenvalue weighted by Crippen LogP contribution is -1.95. The lowest BCUT2D eigenvalue weighted by atomic mass is 10.2. The normalized spacial score (nSPS) is 10.4. The number of para-hydroxylation sites is 1. The Morgan fingerprint density at radius 3 is 2.18 bits per heavy atom. The smallest absolute Gasteiger partial charge is 0.207 e. The maximum atomic E-state index is 4.12. The van der Waals surface area contributed by atoms with Gasteiger partial charge in [-0.15, -0.1) is 10.2 Å². The van der Waals surface area contributed by atoms with Crippen molar-refractivity contribution in [3.05, 3.63) is 67.0 Å². The second-order valence-electron chi connectivity index (χ2n) is 3.66. The molecule has 0 aliphatic rings. The van der Waals surface area contributed by atoms with Crippen LogP contribution in [0.2, 0.25) is 0 Å². The number of rotatable bonds is 2. The van der Waals surface area contributed by atoms with Crippen molar-refractivity contribution in [1.29, 1.82) is 0 Å². The van der Waals surface area contributed by atoms with Crippen LogP contribution in [0, 0.1) is 6.33 Å². The Hall–Kier alpha value is -2.42. The van der Waals surface area contributed by atoms with Crippen LogP contribution in [0.5, 0.6) is 0 Å². The van der Waals surface area contributed by atoms with Crippen molar-refractivity contribution < 1.29 is 0 Å². The maximum Gasteiger partial charge on any atom is 0.207 e. The van der Waals surface area contributed by atoms with Gasteiger partial charge in [0.1, 0.15) is 0 Å². The van der Waals surface area contributed by atoms with E-state index in [9.17, 15) is 0 Å². The van der Waals surface area contributed by atoms with Gasteiger partial charge in [-0.1, -0.05) is 48.5 Å². The van der Waals surface area contributed by atoms with Gasteiger partial charge in [0, 0.05) is 11.3 Å². The molecule has 0 aliphatic carbocycles. The Balaban J connectivity index is 2.13. The topological polar surface area (TPSA) is 30.7 Å². The third-order valence-electron chi connectivity index (χ3n) is 2.55. The van der Waals surface area contributed by atoms with E-state index in [0.29, 0.717) is 0 Å². The highest BCUT2D eigenvalue weighted by molar-refractivity contribution is 5.57. The first-order valence-electron chi connectivity index (χ1n) is 5.39. The first kappa shape index (κ1) is 9.78. The largest absolute Gasteiger partial charge is 0.272 e. The van der Waals surface area contributed by atoms with Gasteiger partial charge in [-0.2, -0.15) is 0 Å². The van der Waals surface area contributed by atoms with Gasteiger partial charge in [-0.25, -0.2) is 0 Å². The van der Waals surface area contributed by atoms with Crippen molar-refractivity contribution in [3.63, 3.8) is 0 Å². The fourth-order valence-corrected chi connectivity index (χ4v) is 1.74. The Morgan fingerprint density at radius 2 is 1.47 bits per heavy atom. The van der Waals surface area contributed by atoms with Gasteiger partial charge in [-0.3, -0.25) is 4.57 Å². The number of benzene rings is 2. The van der Waals surface area contributed by atoms with Crippen LogP contribution in [0.3, 0.4) is 0 Å². The Morgan fingerprint density at radius 1 is 0.824 bits per heavy atom. The molecule has 1 heterocycles. The molecule has 0 aliphatic heterocycles. The van der Waals surface area contributed by atoms with Gasteiger partial charge in [0.15, 0.2) is 5.82 Å². The van der Waals surface area contributed by atoms with E-state index in [1.54, 1.807) is 0 Å². The summed E-state index contributed by atoms with van der Waals surface area (Å²) in [5.74, 6) is 0.803. The first-order valence-corrected chi connectivity index (χ1v) is 5.39. The summed E-state index contributed by atoms with van der Waals surface area (Å²) in [5, 5.41) is 7.98. The third kappa shape index (κ3) is 1.83. The van der Waals surface area contributed by atoms with Crippen molar-refractivity contribution >= 4 is 0 Å². The number of aromatic nitrogens is 3. The van der Waals surface area contributed by atoms with Crippen LogP contribution in [0.25, 0.3) is 17.1 Å². The van der Waals surface area contributed by atoms with Crippen LogP contribution >= 0.6 is 0 Å². The zero-order valence-corrected chi connectivity index (χ0v) is 9.12. The third-order valence-corrected chi connectivity index (χ3v) is 2.55. The van der Waals surface area contributed by atoms with Crippen LogP contribution in [-0.4, -0.2) is 14.8 Å². The van der Waals surface area contributed by atoms with E-state index in [1.165, 1.54) is 0 Å². The Labute approximate surface area is 99.4 Å². The maximum absolute atomic E-state index is 4.12. The summed E-state index contributed by atoms with van der Waals surface area (Å²) in [4.78, 5) is 0. The lowest BCUT2D eigenvalue weighted by molar-refractivity contribution is 1.05. The summed E-state index contributed by atoms with van der Waals surface area (Å²) in [6, 6.07) is 19.9. The molecule has 0 atom stereocenters. The van der Waals surface area contributed by atoms with Crippen LogP contribution < -0.4 is 0 Å². The first-order chi connectivity index (χ1) is 8.45. The molecule has 0 amide bonds. The molecular formula is C14H10N3. The monoisotopic (exact) mass is 220 g/mol. The van der Waals surface area contributed by atoms with E-state index in [2.05, 4.69) is 16.5 Å². The number of nitrogens with zero attached hydrogens (tertiary/aromatic N) is 3. The average Bonchev–Trinajstić information content (AvgIpc) is 2.90. The Kier molecular flexibility index (Phi) is 2.43. The molecule has 0 bridgehead atoms. The fourth-order valence-electron chi connectivity index (χ4n) is 1.74. The highest BCUT2D eigenvalue weighted by atomic mass is 15.3. The van der Waals surface area contributed by atoms with E-state index in [4.69, 9.17) is 0 Å². The molecule has 3 nitrogen and oxygen atoms in total. The highest BCUT2D eigenvalue weighted by Gasteiger charge is 2.08. The van der Waals surface area contributed by atoms with Gasteiger partial charge in [0.05, 0.1) is 0 Å². The van der Waals surface area contributed by atoms with E-state index in [1.807, 2.05) is 65.2 Å². The molecule has 17 heavy (non-hydrogen) atoms. The van der Waals surface area contributed by atoms with Gasteiger partial charge in [-0.05, 0) is 12.1 Å². The summed E-state index contributed by atoms with van der Waals surface area (Å²) in [7, 11) is 0. The average molecular weight is 220 g/mol. The molecule has 0 saturated heterocycles. The minimum Gasteiger partial charge on any atom is -0.272 e. The SMILES string of the molecule is [c]1nnc(-c2ccccc2)n1-c1ccccc1. The molecule has 3 heteroatoms. The summed E-state index contributed by atoms with van der Waals surface area (Å²) in [6.07, 6.45) is 2.88. The van der Waals surface area contributed by atoms with Crippen molar-refractivity contribution in [3.8, 4) is 17.1 Å². The molecule has 3 aromatic rings. The minimum atomic E-state index is 0.803. The van der Waals surface area contributed by atoms with E-state index in [-0.39, 0.29) is 0 Å². The highest BCUT2D eigenvalue weighted by Crippen LogP contribution is 2.19. The molecule has 0 unspecified atom stereocenters. The van der Waals surface area contributed by atoms with Gasteiger partial charge >= 0.3 is 0 Å². The van der Waals surface area contributed by atoms with Crippen molar-refractivity contribution in [2.24, 2.45) is 0 Å². The van der Waals surface area contributed by atoms with Crippen LogP contribution in [0.1, 0.15) is 0 Å². The van der Waals surface area contributed by atoms with Gasteiger partial charge < -0.3 is 0 Å². The molecule has 0 N–H and O–H groups in total. The van der Waals surface area contributed by atoms with Crippen LogP contribution in [0.4, 0.5) is 0 Å². The predicted molar refractivity (Wildman–Crippen MR) is 65.6 cm³/mol. The van der Waals surface area contributed by atoms with Crippen molar-refractivity contribution in [2.75, 3.05) is 0 Å². The van der Waals surface area contributed by atoms with Crippen LogP contribution in [-0.2, 0) is 0 Å². The fraction of sp³-hybridized carbons (Fsp3) is 0. The zero-order chi connectivity index (χ0) is 11.5. The van der Waals surface area contributed by atoms with Crippen molar-refractivity contribution in [2.45, 2.75) is 0 Å². The summed E-state index contributed by atoms with van der Waals surface area (Å²) < 4.78 is 1.86. The molecular weight excluding hydrogens is 210 g/mol. The lowest BCUT2D eigenvalue weighted by Gasteiger charge is -2.05. The number of hydrogen-bond donors (Lipinski definition) is 0. The second-order valence-corrected chi connectivity index (χ2v) is 3.66. The zero-order valence-electron chi connectivity index (χ0n) is 9.12. The van der Waals surface area contributed by atoms with E-state index in [0.717, 1.165) is 17.1 Å². The molecule has 0 saturated carbocycles. The minimum absolute atomic E-state index is 0.803. The summed E-state index contributed by atoms with van der Waals surface area (Å²) >= 11 is 0. The standard InChI is InChI=1S/C14H10N3/c1-3-7-12(8-4-1)14-16-15-11-17(14)13-9-5-2-6-10-13/h1-10H. The molecule has 0 spiro atoms. The molecule has 2 aromatic carbocycles. The predicted octanol–water partition coefficient (Wildman–Crippen LogP) is 2.73. The quantitative estimate of drug-likeness (QED) is 0.664. The number of hydrogen-bond acceptors (Lipinski definition) is 2. The van der Waals surface area contributed by atoms with E-state index >= 15 is 0 Å². The molecule has 0 fully saturated rings. The molecule has 81 valence electrons. The van der Waals surface area contributed by atoms with Crippen molar-refractivity contribution in [1.82, 2.24) is 14.8 Å². The Bertz CT molecular complexity index is 546. The van der Waals surface area contributed by atoms with Gasteiger partial charge in [0.25, 0.3) is 0 Å². The van der Waals surface area contributed by atoms with Gasteiger partial charge in [0.2, 0.25) is 6.33 Å². The molecule has 3 rings (SSSR count). The molecule has 1 aromatic heterocycles. The molecule has 1 radical (unpaired) electrons. The van der Waals surface area contributed by atoms with Crippen LogP contribution in [0.15, 0.2) is 60.7 Å². The van der Waals surface area contributed by atoms with E-state index < -0.39 is 0 Å². The summed E-state index contributed by atoms with van der Waals surface area (Å²) in [5.41, 5.74) is 2.04. The second kappa shape index (κ2) is 4.22.